The van der Waals surface area contributed by atoms with Crippen molar-refractivity contribution in [3.8, 4) is 5.82 Å². The largest absolute Gasteiger partial charge is 0.354 e. The Hall–Kier alpha value is -2.80. The van der Waals surface area contributed by atoms with E-state index in [4.69, 9.17) is 0 Å². The van der Waals surface area contributed by atoms with Crippen molar-refractivity contribution in [3.05, 3.63) is 59.4 Å². The molecule has 140 valence electrons. The number of pyridine rings is 1. The average Bonchev–Trinajstić information content (AvgIpc) is 3.01. The molecule has 0 saturated carbocycles. The van der Waals surface area contributed by atoms with Crippen LogP contribution in [0.4, 0.5) is 5.82 Å². The van der Waals surface area contributed by atoms with Crippen LogP contribution >= 0.6 is 0 Å². The minimum atomic E-state index is 0.772. The fraction of sp³-hybridized carbons (Fsp3) is 0.400. The summed E-state index contributed by atoms with van der Waals surface area (Å²) in [4.78, 5) is 18.2. The maximum absolute atomic E-state index is 4.68. The summed E-state index contributed by atoms with van der Waals surface area (Å²) in [6, 6.07) is 8.28. The number of rotatable bonds is 4. The van der Waals surface area contributed by atoms with E-state index in [9.17, 15) is 0 Å². The molecule has 3 aromatic heterocycles. The van der Waals surface area contributed by atoms with E-state index in [1.165, 1.54) is 5.56 Å². The van der Waals surface area contributed by atoms with Crippen LogP contribution in [-0.2, 0) is 6.54 Å². The molecule has 0 atom stereocenters. The molecule has 3 aromatic rings. The number of anilines is 1. The van der Waals surface area contributed by atoms with Crippen LogP contribution in [0, 0.1) is 20.8 Å². The second-order valence-electron chi connectivity index (χ2n) is 7.09. The monoisotopic (exact) mass is 363 g/mol. The second kappa shape index (κ2) is 7.44. The highest BCUT2D eigenvalue weighted by molar-refractivity contribution is 5.45. The van der Waals surface area contributed by atoms with Gasteiger partial charge in [0.05, 0.1) is 5.69 Å². The molecule has 1 saturated heterocycles. The van der Waals surface area contributed by atoms with E-state index < -0.39 is 0 Å². The first kappa shape index (κ1) is 17.6. The maximum Gasteiger partial charge on any atom is 0.159 e. The predicted molar refractivity (Wildman–Crippen MR) is 105 cm³/mol. The van der Waals surface area contributed by atoms with Crippen LogP contribution in [-0.4, -0.2) is 55.8 Å². The first-order chi connectivity index (χ1) is 13.1. The molecule has 0 aliphatic carbocycles. The van der Waals surface area contributed by atoms with E-state index in [0.29, 0.717) is 0 Å². The van der Waals surface area contributed by atoms with Gasteiger partial charge in [-0.25, -0.2) is 14.6 Å². The van der Waals surface area contributed by atoms with Gasteiger partial charge in [0.2, 0.25) is 0 Å². The van der Waals surface area contributed by atoms with Gasteiger partial charge in [0.15, 0.2) is 5.82 Å². The second-order valence-corrected chi connectivity index (χ2v) is 7.09. The van der Waals surface area contributed by atoms with E-state index >= 15 is 0 Å². The maximum atomic E-state index is 4.68. The molecule has 1 aliphatic heterocycles. The summed E-state index contributed by atoms with van der Waals surface area (Å²) in [7, 11) is 0. The number of hydrogen-bond donors (Lipinski definition) is 0. The lowest BCUT2D eigenvalue weighted by Crippen LogP contribution is -2.46. The highest BCUT2D eigenvalue weighted by Gasteiger charge is 2.19. The molecular weight excluding hydrogens is 338 g/mol. The summed E-state index contributed by atoms with van der Waals surface area (Å²) in [5.74, 6) is 2.59. The fourth-order valence-corrected chi connectivity index (χ4v) is 3.55. The van der Waals surface area contributed by atoms with Crippen molar-refractivity contribution in [2.24, 2.45) is 0 Å². The van der Waals surface area contributed by atoms with Gasteiger partial charge in [-0.05, 0) is 44.5 Å². The Kier molecular flexibility index (Phi) is 4.85. The lowest BCUT2D eigenvalue weighted by atomic mass is 10.2. The molecule has 27 heavy (non-hydrogen) atoms. The minimum Gasteiger partial charge on any atom is -0.354 e. The lowest BCUT2D eigenvalue weighted by Gasteiger charge is -2.35. The number of nitrogens with zero attached hydrogens (tertiary/aromatic N) is 7. The van der Waals surface area contributed by atoms with Crippen LogP contribution < -0.4 is 4.90 Å². The minimum absolute atomic E-state index is 0.772. The third kappa shape index (κ3) is 3.98. The van der Waals surface area contributed by atoms with Crippen molar-refractivity contribution >= 4 is 5.82 Å². The Bertz CT molecular complexity index is 911. The zero-order valence-corrected chi connectivity index (χ0v) is 16.1. The number of piperazine rings is 1. The van der Waals surface area contributed by atoms with Crippen molar-refractivity contribution in [2.75, 3.05) is 31.1 Å². The molecule has 1 fully saturated rings. The van der Waals surface area contributed by atoms with E-state index in [1.807, 2.05) is 37.0 Å². The first-order valence-electron chi connectivity index (χ1n) is 9.34. The smallest absolute Gasteiger partial charge is 0.159 e. The summed E-state index contributed by atoms with van der Waals surface area (Å²) in [6.45, 7) is 10.9. The Labute approximate surface area is 159 Å². The number of aryl methyl sites for hydroxylation is 3. The van der Waals surface area contributed by atoms with E-state index in [-0.39, 0.29) is 0 Å². The van der Waals surface area contributed by atoms with E-state index in [2.05, 4.69) is 55.0 Å². The van der Waals surface area contributed by atoms with Crippen LogP contribution in [0.3, 0.4) is 0 Å². The Morgan fingerprint density at radius 1 is 0.889 bits per heavy atom. The molecule has 0 N–H and O–H groups in total. The molecule has 4 rings (SSSR count). The highest BCUT2D eigenvalue weighted by atomic mass is 15.3. The Morgan fingerprint density at radius 2 is 1.59 bits per heavy atom. The molecule has 4 heterocycles. The third-order valence-corrected chi connectivity index (χ3v) is 4.89. The van der Waals surface area contributed by atoms with E-state index in [1.54, 1.807) is 0 Å². The summed E-state index contributed by atoms with van der Waals surface area (Å²) in [5.41, 5.74) is 3.39. The summed E-state index contributed by atoms with van der Waals surface area (Å²) in [5, 5.41) is 4.56. The van der Waals surface area contributed by atoms with Gasteiger partial charge in [-0.3, -0.25) is 9.88 Å². The molecule has 0 amide bonds. The van der Waals surface area contributed by atoms with Gasteiger partial charge in [0.25, 0.3) is 0 Å². The van der Waals surface area contributed by atoms with Gasteiger partial charge in [0, 0.05) is 56.9 Å². The zero-order valence-electron chi connectivity index (χ0n) is 16.1. The molecule has 7 heteroatoms. The van der Waals surface area contributed by atoms with Crippen molar-refractivity contribution < 1.29 is 0 Å². The molecule has 1 aliphatic rings. The molecule has 0 bridgehead atoms. The van der Waals surface area contributed by atoms with E-state index in [0.717, 1.165) is 61.6 Å². The highest BCUT2D eigenvalue weighted by Crippen LogP contribution is 2.19. The average molecular weight is 363 g/mol. The molecule has 0 radical (unpaired) electrons. The first-order valence-corrected chi connectivity index (χ1v) is 9.34. The summed E-state index contributed by atoms with van der Waals surface area (Å²) in [6.07, 6.45) is 3.71. The standard InChI is InChI=1S/C20H25N7/c1-15-12-16(2)27(24-15)20-13-19(22-17(3)23-20)26-10-8-25(9-11-26)14-18-4-6-21-7-5-18/h4-7,12-13H,8-11,14H2,1-3H3. The third-order valence-electron chi connectivity index (χ3n) is 4.89. The zero-order chi connectivity index (χ0) is 18.8. The topological polar surface area (TPSA) is 63.0 Å². The predicted octanol–water partition coefficient (Wildman–Crippen LogP) is 2.30. The quantitative estimate of drug-likeness (QED) is 0.709. The van der Waals surface area contributed by atoms with Crippen LogP contribution in [0.15, 0.2) is 36.7 Å². The Balaban J connectivity index is 1.47. The lowest BCUT2D eigenvalue weighted by molar-refractivity contribution is 0.249. The molecular formula is C20H25N7. The molecule has 0 aromatic carbocycles. The summed E-state index contributed by atoms with van der Waals surface area (Å²) < 4.78 is 1.90. The van der Waals surface area contributed by atoms with Gasteiger partial charge in [-0.15, -0.1) is 0 Å². The van der Waals surface area contributed by atoms with Crippen LogP contribution in [0.2, 0.25) is 0 Å². The van der Waals surface area contributed by atoms with Crippen LogP contribution in [0.25, 0.3) is 5.82 Å². The fourth-order valence-electron chi connectivity index (χ4n) is 3.55. The SMILES string of the molecule is Cc1cc(C)n(-c2cc(N3CCN(Cc4ccncc4)CC3)nc(C)n2)n1. The van der Waals surface area contributed by atoms with Gasteiger partial charge >= 0.3 is 0 Å². The number of aromatic nitrogens is 5. The van der Waals surface area contributed by atoms with Crippen LogP contribution in [0.1, 0.15) is 22.8 Å². The van der Waals surface area contributed by atoms with Crippen LogP contribution in [0.5, 0.6) is 0 Å². The molecule has 7 nitrogen and oxygen atoms in total. The van der Waals surface area contributed by atoms with Gasteiger partial charge < -0.3 is 4.90 Å². The van der Waals surface area contributed by atoms with Crippen molar-refractivity contribution in [1.29, 1.82) is 0 Å². The van der Waals surface area contributed by atoms with Gasteiger partial charge in [0.1, 0.15) is 11.6 Å². The molecule has 0 unspecified atom stereocenters. The Morgan fingerprint density at radius 3 is 2.26 bits per heavy atom. The van der Waals surface area contributed by atoms with Gasteiger partial charge in [-0.2, -0.15) is 5.10 Å². The van der Waals surface area contributed by atoms with Crippen molar-refractivity contribution in [1.82, 2.24) is 29.6 Å². The van der Waals surface area contributed by atoms with Crippen molar-refractivity contribution in [3.63, 3.8) is 0 Å². The van der Waals surface area contributed by atoms with Crippen molar-refractivity contribution in [2.45, 2.75) is 27.3 Å². The molecule has 0 spiro atoms. The normalized spacial score (nSPS) is 15.3. The van der Waals surface area contributed by atoms with Gasteiger partial charge in [-0.1, -0.05) is 0 Å². The number of hydrogen-bond acceptors (Lipinski definition) is 6. The summed E-state index contributed by atoms with van der Waals surface area (Å²) >= 11 is 0.